The molecule has 0 aliphatic heterocycles. The molecule has 0 heterocycles. The Balaban J connectivity index is 0. The highest BCUT2D eigenvalue weighted by Gasteiger charge is 2.24. The third kappa shape index (κ3) is 91.8. The quantitative estimate of drug-likeness (QED) is 0.0256. The van der Waals surface area contributed by atoms with Gasteiger partial charge in [-0.1, -0.05) is 356 Å². The number of rotatable bonds is 93. The second-order valence-corrected chi connectivity index (χ2v) is 35.1. The summed E-state index contributed by atoms with van der Waals surface area (Å²) in [5.74, 6) is -3.44. The first-order chi connectivity index (χ1) is 58.3. The van der Waals surface area contributed by atoms with E-state index in [4.69, 9.17) is 56.0 Å². The molecule has 0 bridgehead atoms. The summed E-state index contributed by atoms with van der Waals surface area (Å²) < 4.78 is 86.9. The van der Waals surface area contributed by atoms with Gasteiger partial charge in [0, 0.05) is 58.1 Å². The van der Waals surface area contributed by atoms with Crippen LogP contribution in [-0.4, -0.2) is 146 Å². The van der Waals surface area contributed by atoms with Crippen LogP contribution >= 0.6 is 15.6 Å². The molecule has 0 saturated carbocycles. The minimum atomic E-state index is -4.83. The van der Waals surface area contributed by atoms with E-state index in [0.29, 0.717) is 45.5 Å². The van der Waals surface area contributed by atoms with Crippen LogP contribution in [-0.2, 0) is 103 Å². The number of esters is 6. The lowest BCUT2D eigenvalue weighted by atomic mass is 10.0. The van der Waals surface area contributed by atoms with E-state index in [1.807, 2.05) is 6.92 Å². The summed E-state index contributed by atoms with van der Waals surface area (Å²) >= 11 is 0. The zero-order valence-electron chi connectivity index (χ0n) is 76.8. The first kappa shape index (κ1) is 118. The van der Waals surface area contributed by atoms with Crippen LogP contribution in [0, 0.1) is 0 Å². The third-order valence-corrected chi connectivity index (χ3v) is 22.7. The molecule has 0 aromatic carbocycles. The highest BCUT2D eigenvalue weighted by molar-refractivity contribution is 7.46. The van der Waals surface area contributed by atoms with Crippen LogP contribution < -0.4 is 15.1 Å². The zero-order chi connectivity index (χ0) is 88.4. The van der Waals surface area contributed by atoms with Crippen LogP contribution in [0.3, 0.4) is 0 Å². The Morgan fingerprint density at radius 3 is 0.883 bits per heavy atom. The molecule has 0 aromatic heterocycles. The fourth-order valence-electron chi connectivity index (χ4n) is 13.4. The number of carbonyl (C=O) groups excluding carboxylic acids is 8. The van der Waals surface area contributed by atoms with Crippen LogP contribution in [0.5, 0.6) is 0 Å². The number of carbonyl (C=O) groups is 8. The third-order valence-electron chi connectivity index (χ3n) is 20.8. The SMILES string of the molecule is CCCCCCCCCCCCCCC(=O)OCC(COP(=O)([O-])OCCNC(=O)CCOC(=O)CC)OC(=O)CCCCCCCCCCCCCC.CCCCCCCCCCCCCCCCCC(=O)OCC(COP(=O)([O-])OCCCC(=O)CCOC(=O)CCOCCOCC)OC(=O)CCCCCCCCCCCCCCCCC. The number of ketones is 1. The largest absolute Gasteiger partial charge is 0.756 e. The van der Waals surface area contributed by atoms with Crippen molar-refractivity contribution in [3.8, 4) is 0 Å². The van der Waals surface area contributed by atoms with Crippen molar-refractivity contribution in [1.82, 2.24) is 5.32 Å². The number of phosphoric ester groups is 2. The number of amides is 1. The molecule has 1 N–H and O–H groups in total. The van der Waals surface area contributed by atoms with Crippen molar-refractivity contribution in [3.05, 3.63) is 0 Å². The second-order valence-electron chi connectivity index (χ2n) is 32.3. The highest BCUT2D eigenvalue weighted by atomic mass is 31.2. The summed E-state index contributed by atoms with van der Waals surface area (Å²) in [6.07, 6.45) is 63.5. The fourth-order valence-corrected chi connectivity index (χ4v) is 14.9. The minimum Gasteiger partial charge on any atom is -0.756 e. The molecule has 0 rings (SSSR count). The maximum absolute atomic E-state index is 12.8. The van der Waals surface area contributed by atoms with Gasteiger partial charge >= 0.3 is 35.8 Å². The highest BCUT2D eigenvalue weighted by Crippen LogP contribution is 2.39. The number of hydrogen-bond acceptors (Lipinski definition) is 24. The van der Waals surface area contributed by atoms with E-state index >= 15 is 0 Å². The van der Waals surface area contributed by atoms with E-state index < -0.39 is 89.4 Å². The molecule has 708 valence electrons. The van der Waals surface area contributed by atoms with Gasteiger partial charge in [-0.3, -0.25) is 47.5 Å². The molecular weight excluding hydrogens is 1580 g/mol. The maximum atomic E-state index is 12.8. The fraction of sp³-hybridized carbons (Fsp3) is 0.914. The lowest BCUT2D eigenvalue weighted by Gasteiger charge is -2.25. The van der Waals surface area contributed by atoms with Crippen molar-refractivity contribution in [2.24, 2.45) is 0 Å². The van der Waals surface area contributed by atoms with E-state index in [1.165, 1.54) is 244 Å². The molecule has 25 nitrogen and oxygen atoms in total. The van der Waals surface area contributed by atoms with Gasteiger partial charge in [-0.15, -0.1) is 0 Å². The number of Topliss-reactive ketones (excluding diaryl/α,β-unsaturated/α-hetero) is 1. The summed E-state index contributed by atoms with van der Waals surface area (Å²) in [7, 11) is -9.66. The zero-order valence-corrected chi connectivity index (χ0v) is 78.6. The molecule has 0 saturated heterocycles. The van der Waals surface area contributed by atoms with Gasteiger partial charge in [-0.25, -0.2) is 0 Å². The standard InChI is InChI=1S/C52H99O13P.C41H78NO11P/c1-4-7-9-11-13-15-17-19-21-23-25-27-29-31-33-37-50(54)62-46-49(65-52(56)38-34-32-30-28-26-24-22-20-18-16-14-12-10-8-5-2)47-64-66(57,58)63-41-35-36-48(53)39-43-61-51(55)40-42-60-45-44-59-6-3;1-4-7-9-11-13-15-17-19-21-23-25-27-29-40(45)50-35-37(53-41(46)30-28-26-24-22-20-18-16-14-12-10-8-5-2)36-52-54(47,48)51-34-32-42-38(43)31-33-49-39(44)6-3/h49H,4-47H2,1-3H3,(H,57,58);37H,4-36H2,1-3H3,(H,42,43)(H,47,48)/p-2. The predicted octanol–water partition coefficient (Wildman–Crippen LogP) is 22.8. The molecule has 27 heteroatoms. The smallest absolute Gasteiger partial charge is 0.308 e. The Morgan fingerprint density at radius 2 is 0.550 bits per heavy atom. The molecular formula is C93H175NO24P2-2. The molecule has 4 unspecified atom stereocenters. The Labute approximate surface area is 728 Å². The average Bonchev–Trinajstić information content (AvgIpc) is 0.911. The van der Waals surface area contributed by atoms with Crippen molar-refractivity contribution in [2.45, 2.75) is 465 Å². The predicted molar refractivity (Wildman–Crippen MR) is 472 cm³/mol. The Kier molecular flexibility index (Phi) is 89.9. The molecule has 120 heavy (non-hydrogen) atoms. The molecule has 0 radical (unpaired) electrons. The van der Waals surface area contributed by atoms with Crippen LogP contribution in [0.1, 0.15) is 452 Å². The van der Waals surface area contributed by atoms with Gasteiger partial charge in [0.15, 0.2) is 12.2 Å². The van der Waals surface area contributed by atoms with Crippen molar-refractivity contribution in [2.75, 3.05) is 85.8 Å². The van der Waals surface area contributed by atoms with Gasteiger partial charge in [0.25, 0.3) is 15.6 Å². The number of nitrogens with one attached hydrogen (secondary N) is 1. The summed E-state index contributed by atoms with van der Waals surface area (Å²) in [4.78, 5) is 123. The molecule has 0 aliphatic rings. The molecule has 0 fully saturated rings. The normalized spacial score (nSPS) is 12.8. The van der Waals surface area contributed by atoms with Crippen molar-refractivity contribution >= 4 is 63.2 Å². The lowest BCUT2D eigenvalue weighted by Crippen LogP contribution is -2.31. The van der Waals surface area contributed by atoms with Crippen molar-refractivity contribution < 1.29 is 113 Å². The molecule has 0 aromatic rings. The first-order valence-electron chi connectivity index (χ1n) is 48.4. The van der Waals surface area contributed by atoms with E-state index in [0.717, 1.165) is 77.0 Å². The second kappa shape index (κ2) is 91.3. The van der Waals surface area contributed by atoms with Crippen LogP contribution in [0.15, 0.2) is 0 Å². The topological polar surface area (TPSA) is 340 Å². The van der Waals surface area contributed by atoms with Crippen molar-refractivity contribution in [1.29, 1.82) is 0 Å². The number of unbranched alkanes of at least 4 members (excludes halogenated alkanes) is 50. The van der Waals surface area contributed by atoms with E-state index in [9.17, 15) is 57.3 Å². The summed E-state index contributed by atoms with van der Waals surface area (Å²) in [5, 5.41) is 2.47. The summed E-state index contributed by atoms with van der Waals surface area (Å²) in [6.45, 7) is 11.3. The molecule has 0 spiro atoms. The number of hydrogen-bond donors (Lipinski definition) is 1. The molecule has 0 aliphatic carbocycles. The first-order valence-corrected chi connectivity index (χ1v) is 51.3. The van der Waals surface area contributed by atoms with Gasteiger partial charge in [0.05, 0.1) is 65.7 Å². The molecule has 4 atom stereocenters. The van der Waals surface area contributed by atoms with E-state index in [2.05, 4.69) is 33.0 Å². The number of ether oxygens (including phenoxy) is 8. The van der Waals surface area contributed by atoms with Gasteiger partial charge in [-0.05, 0) is 39.0 Å². The average molecular weight is 1750 g/mol. The molecule has 1 amide bonds. The van der Waals surface area contributed by atoms with Gasteiger partial charge < -0.3 is 71.1 Å². The lowest BCUT2D eigenvalue weighted by molar-refractivity contribution is -0.229. The monoisotopic (exact) mass is 1750 g/mol. The van der Waals surface area contributed by atoms with Crippen LogP contribution in [0.4, 0.5) is 0 Å². The van der Waals surface area contributed by atoms with Gasteiger partial charge in [0.2, 0.25) is 5.91 Å². The Hall–Kier alpha value is -3.90. The van der Waals surface area contributed by atoms with Crippen LogP contribution in [0.25, 0.3) is 0 Å². The van der Waals surface area contributed by atoms with E-state index in [-0.39, 0.29) is 116 Å². The van der Waals surface area contributed by atoms with Crippen LogP contribution in [0.2, 0.25) is 0 Å². The van der Waals surface area contributed by atoms with Gasteiger partial charge in [-0.2, -0.15) is 0 Å². The maximum Gasteiger partial charge on any atom is 0.308 e. The minimum absolute atomic E-state index is 0.00686. The van der Waals surface area contributed by atoms with Gasteiger partial charge in [0.1, 0.15) is 25.6 Å². The summed E-state index contributed by atoms with van der Waals surface area (Å²) in [5.41, 5.74) is 0. The Bertz CT molecular complexity index is 2480. The Morgan fingerprint density at radius 1 is 0.258 bits per heavy atom. The number of phosphoric acid groups is 2. The van der Waals surface area contributed by atoms with Crippen molar-refractivity contribution in [3.63, 3.8) is 0 Å². The summed E-state index contributed by atoms with van der Waals surface area (Å²) in [6, 6.07) is 0. The van der Waals surface area contributed by atoms with E-state index in [1.54, 1.807) is 6.92 Å².